The molecule has 1 aliphatic carbocycles. The number of rotatable bonds is 4. The van der Waals surface area contributed by atoms with Gasteiger partial charge in [-0.3, -0.25) is 9.36 Å². The van der Waals surface area contributed by atoms with Gasteiger partial charge in [-0.05, 0) is 19.1 Å². The van der Waals surface area contributed by atoms with Crippen LogP contribution in [0.5, 0.6) is 5.75 Å². The van der Waals surface area contributed by atoms with Crippen LogP contribution < -0.4 is 9.74 Å². The normalized spacial score (nSPS) is 16.3. The van der Waals surface area contributed by atoms with Crippen LogP contribution >= 0.6 is 11.8 Å². The van der Waals surface area contributed by atoms with Crippen LogP contribution in [0.15, 0.2) is 22.2 Å². The molecule has 1 fully saturated rings. The molecule has 0 N–H and O–H groups in total. The van der Waals surface area contributed by atoms with Crippen molar-refractivity contribution in [1.82, 2.24) is 14.5 Å². The van der Waals surface area contributed by atoms with Gasteiger partial charge >= 0.3 is 15.6 Å². The van der Waals surface area contributed by atoms with Crippen LogP contribution in [0.2, 0.25) is 0 Å². The maximum atomic E-state index is 12.6. The number of nitrogens with zero attached hydrogens (tertiary/aromatic N) is 3. The summed E-state index contributed by atoms with van der Waals surface area (Å²) >= 11 is 1.19. The Kier molecular flexibility index (Phi) is 4.90. The van der Waals surface area contributed by atoms with E-state index in [2.05, 4.69) is 14.2 Å². The van der Waals surface area contributed by atoms with Crippen LogP contribution in [0, 0.1) is 0 Å². The Labute approximate surface area is 150 Å². The van der Waals surface area contributed by atoms with E-state index in [0.29, 0.717) is 5.16 Å². The average Bonchev–Trinajstić information content (AvgIpc) is 3.07. The van der Waals surface area contributed by atoms with Gasteiger partial charge in [-0.2, -0.15) is 21.6 Å². The molecular formula is C14H14F3N3O4S2. The molecule has 26 heavy (non-hydrogen) atoms. The zero-order valence-corrected chi connectivity index (χ0v) is 15.1. The van der Waals surface area contributed by atoms with Gasteiger partial charge in [0.05, 0.1) is 5.39 Å². The molecule has 0 amide bonds. The van der Waals surface area contributed by atoms with Gasteiger partial charge in [0.2, 0.25) is 0 Å². The molecule has 1 saturated carbocycles. The summed E-state index contributed by atoms with van der Waals surface area (Å²) in [5.41, 5.74) is -6.21. The third-order valence-corrected chi connectivity index (χ3v) is 5.62. The van der Waals surface area contributed by atoms with Crippen molar-refractivity contribution >= 4 is 32.9 Å². The molecule has 0 aliphatic heterocycles. The molecular weight excluding hydrogens is 395 g/mol. The minimum absolute atomic E-state index is 0.0659. The fourth-order valence-corrected chi connectivity index (χ4v) is 3.73. The second-order valence-corrected chi connectivity index (χ2v) is 8.04. The molecule has 0 unspecified atom stereocenters. The van der Waals surface area contributed by atoms with E-state index in [1.165, 1.54) is 22.5 Å². The maximum Gasteiger partial charge on any atom is 0.534 e. The summed E-state index contributed by atoms with van der Waals surface area (Å²) in [5, 5.41) is 0.238. The van der Waals surface area contributed by atoms with Gasteiger partial charge in [-0.15, -0.1) is 0 Å². The standard InChI is InChI=1S/C14H14F3N3O4S2/c1-25-13-18-7-9-10(24-26(22,23)14(15,16)17)6-11(21)20(12(9)19-13)8-4-2-3-5-8/h6-8H,2-5H2,1H3. The van der Waals surface area contributed by atoms with Crippen LogP contribution in [0.25, 0.3) is 11.0 Å². The van der Waals surface area contributed by atoms with Crippen molar-refractivity contribution in [1.29, 1.82) is 0 Å². The Morgan fingerprint density at radius 2 is 1.96 bits per heavy atom. The summed E-state index contributed by atoms with van der Waals surface area (Å²) in [4.78, 5) is 20.7. The third kappa shape index (κ3) is 3.39. The minimum Gasteiger partial charge on any atom is -0.375 e. The summed E-state index contributed by atoms with van der Waals surface area (Å²) in [7, 11) is -5.92. The largest absolute Gasteiger partial charge is 0.534 e. The predicted molar refractivity (Wildman–Crippen MR) is 88.7 cm³/mol. The van der Waals surface area contributed by atoms with E-state index in [-0.39, 0.29) is 17.1 Å². The lowest BCUT2D eigenvalue weighted by Crippen LogP contribution is -2.30. The minimum atomic E-state index is -5.92. The van der Waals surface area contributed by atoms with Gasteiger partial charge < -0.3 is 4.18 Å². The molecule has 12 heteroatoms. The highest BCUT2D eigenvalue weighted by atomic mass is 32.2. The summed E-state index contributed by atoms with van der Waals surface area (Å²) in [6.45, 7) is 0. The molecule has 0 spiro atoms. The highest BCUT2D eigenvalue weighted by Gasteiger charge is 2.49. The number of alkyl halides is 3. The highest BCUT2D eigenvalue weighted by Crippen LogP contribution is 2.34. The number of hydrogen-bond donors (Lipinski definition) is 0. The van der Waals surface area contributed by atoms with Crippen molar-refractivity contribution in [3.05, 3.63) is 22.6 Å². The van der Waals surface area contributed by atoms with Gasteiger partial charge in [-0.25, -0.2) is 9.97 Å². The van der Waals surface area contributed by atoms with Crippen LogP contribution in [0.3, 0.4) is 0 Å². The first-order valence-electron chi connectivity index (χ1n) is 7.61. The molecule has 0 saturated heterocycles. The van der Waals surface area contributed by atoms with Crippen molar-refractivity contribution in [3.8, 4) is 5.75 Å². The molecule has 142 valence electrons. The zero-order valence-electron chi connectivity index (χ0n) is 13.5. The van der Waals surface area contributed by atoms with Gasteiger partial charge in [0, 0.05) is 18.3 Å². The molecule has 0 radical (unpaired) electrons. The molecule has 0 aromatic carbocycles. The Bertz CT molecular complexity index is 999. The number of hydrogen-bond acceptors (Lipinski definition) is 7. The molecule has 1 aliphatic rings. The van der Waals surface area contributed by atoms with E-state index in [0.717, 1.165) is 31.7 Å². The number of halogens is 3. The van der Waals surface area contributed by atoms with Gasteiger partial charge in [-0.1, -0.05) is 24.6 Å². The van der Waals surface area contributed by atoms with Gasteiger partial charge in [0.25, 0.3) is 5.56 Å². The Balaban J connectivity index is 2.23. The number of fused-ring (bicyclic) bond motifs is 1. The number of aromatic nitrogens is 3. The summed E-state index contributed by atoms with van der Waals surface area (Å²) < 4.78 is 66.2. The molecule has 7 nitrogen and oxygen atoms in total. The van der Waals surface area contributed by atoms with Crippen LogP contribution in [0.4, 0.5) is 13.2 Å². The van der Waals surface area contributed by atoms with E-state index in [1.54, 1.807) is 6.26 Å². The smallest absolute Gasteiger partial charge is 0.375 e. The average molecular weight is 409 g/mol. The zero-order chi connectivity index (χ0) is 19.1. The van der Waals surface area contributed by atoms with Crippen molar-refractivity contribution in [2.75, 3.05) is 6.26 Å². The summed E-state index contributed by atoms with van der Waals surface area (Å²) in [5.74, 6) is -0.732. The van der Waals surface area contributed by atoms with E-state index in [9.17, 15) is 26.4 Å². The van der Waals surface area contributed by atoms with E-state index >= 15 is 0 Å². The summed E-state index contributed by atoms with van der Waals surface area (Å²) in [6.07, 6.45) is 6.16. The molecule has 2 heterocycles. The molecule has 2 aromatic heterocycles. The molecule has 2 aromatic rings. The second kappa shape index (κ2) is 6.72. The van der Waals surface area contributed by atoms with Gasteiger partial charge in [0.15, 0.2) is 16.6 Å². The molecule has 3 rings (SSSR count). The first-order valence-corrected chi connectivity index (χ1v) is 10.2. The first kappa shape index (κ1) is 19.0. The highest BCUT2D eigenvalue weighted by molar-refractivity contribution is 7.98. The fraction of sp³-hybridized carbons (Fsp3) is 0.500. The SMILES string of the molecule is CSc1ncc2c(OS(=O)(=O)C(F)(F)F)cc(=O)n(C3CCCC3)c2n1. The van der Waals surface area contributed by atoms with E-state index in [1.807, 2.05) is 0 Å². The van der Waals surface area contributed by atoms with Crippen molar-refractivity contribution in [3.63, 3.8) is 0 Å². The fourth-order valence-electron chi connectivity index (χ4n) is 2.93. The topological polar surface area (TPSA) is 91.1 Å². The van der Waals surface area contributed by atoms with E-state index in [4.69, 9.17) is 0 Å². The Morgan fingerprint density at radius 1 is 1.31 bits per heavy atom. The first-order chi connectivity index (χ1) is 12.1. The number of thioether (sulfide) groups is 1. The van der Waals surface area contributed by atoms with E-state index < -0.39 is 26.9 Å². The monoisotopic (exact) mass is 409 g/mol. The quantitative estimate of drug-likeness (QED) is 0.332. The second-order valence-electron chi connectivity index (χ2n) is 5.73. The lowest BCUT2D eigenvalue weighted by atomic mass is 10.2. The third-order valence-electron chi connectivity index (χ3n) is 4.09. The Hall–Kier alpha value is -1.82. The molecule has 0 bridgehead atoms. The van der Waals surface area contributed by atoms with Gasteiger partial charge in [0.1, 0.15) is 0 Å². The predicted octanol–water partition coefficient (Wildman–Crippen LogP) is 2.86. The van der Waals surface area contributed by atoms with Crippen molar-refractivity contribution in [2.24, 2.45) is 0 Å². The van der Waals surface area contributed by atoms with Crippen LogP contribution in [0.1, 0.15) is 31.7 Å². The lowest BCUT2D eigenvalue weighted by molar-refractivity contribution is -0.0499. The lowest BCUT2D eigenvalue weighted by Gasteiger charge is -2.18. The van der Waals surface area contributed by atoms with Crippen molar-refractivity contribution in [2.45, 2.75) is 42.4 Å². The number of pyridine rings is 1. The van der Waals surface area contributed by atoms with Crippen molar-refractivity contribution < 1.29 is 25.8 Å². The maximum absolute atomic E-state index is 12.6. The van der Waals surface area contributed by atoms with Crippen LogP contribution in [-0.2, 0) is 10.1 Å². The Morgan fingerprint density at radius 3 is 2.54 bits per heavy atom. The van der Waals surface area contributed by atoms with Crippen LogP contribution in [-0.4, -0.2) is 34.7 Å². The summed E-state index contributed by atoms with van der Waals surface area (Å²) in [6, 6.07) is 0.592. The molecule has 0 atom stereocenters.